The monoisotopic (exact) mass is 357 g/mol. The normalized spacial score (nSPS) is 18.0. The molecule has 0 spiro atoms. The SMILES string of the molecule is Cc1ccccc1C(=O)[C@@H](B1OC(=O)CN(C)CC(=O)O1)C(F)(F)F. The molecule has 1 aliphatic rings. The quantitative estimate of drug-likeness (QED) is 0.605. The van der Waals surface area contributed by atoms with E-state index in [1.807, 2.05) is 0 Å². The Morgan fingerprint density at radius 2 is 1.68 bits per heavy atom. The fourth-order valence-corrected chi connectivity index (χ4v) is 2.43. The highest BCUT2D eigenvalue weighted by Gasteiger charge is 2.59. The number of hydrogen-bond acceptors (Lipinski definition) is 6. The molecular weight excluding hydrogens is 342 g/mol. The molecule has 1 atom stereocenters. The van der Waals surface area contributed by atoms with Crippen molar-refractivity contribution in [2.45, 2.75) is 18.9 Å². The van der Waals surface area contributed by atoms with Crippen LogP contribution >= 0.6 is 0 Å². The van der Waals surface area contributed by atoms with Crippen molar-refractivity contribution in [1.29, 1.82) is 0 Å². The highest BCUT2D eigenvalue weighted by Crippen LogP contribution is 2.38. The van der Waals surface area contributed by atoms with Crippen LogP contribution in [0.2, 0.25) is 5.82 Å². The average molecular weight is 357 g/mol. The topological polar surface area (TPSA) is 72.9 Å². The second-order valence-corrected chi connectivity index (χ2v) is 5.72. The van der Waals surface area contributed by atoms with Crippen molar-refractivity contribution in [3.05, 3.63) is 35.4 Å². The summed E-state index contributed by atoms with van der Waals surface area (Å²) in [4.78, 5) is 37.1. The van der Waals surface area contributed by atoms with Gasteiger partial charge in [-0.05, 0) is 19.5 Å². The number of Topliss-reactive ketones (excluding diaryl/α,β-unsaturated/α-hetero) is 1. The third-order valence-electron chi connectivity index (χ3n) is 3.61. The highest BCUT2D eigenvalue weighted by atomic mass is 19.4. The van der Waals surface area contributed by atoms with Crippen molar-refractivity contribution < 1.29 is 36.9 Å². The Morgan fingerprint density at radius 1 is 1.16 bits per heavy atom. The molecule has 0 aromatic heterocycles. The van der Waals surface area contributed by atoms with Crippen LogP contribution in [0, 0.1) is 6.92 Å². The average Bonchev–Trinajstić information content (AvgIpc) is 2.44. The van der Waals surface area contributed by atoms with Gasteiger partial charge in [0.1, 0.15) is 0 Å². The molecule has 6 nitrogen and oxygen atoms in total. The molecule has 0 saturated carbocycles. The van der Waals surface area contributed by atoms with Crippen LogP contribution in [0.4, 0.5) is 13.2 Å². The van der Waals surface area contributed by atoms with Gasteiger partial charge in [-0.3, -0.25) is 19.3 Å². The van der Waals surface area contributed by atoms with E-state index in [0.717, 1.165) is 0 Å². The number of likely N-dealkylation sites (N-methyl/N-ethyl adjacent to an activating group) is 1. The van der Waals surface area contributed by atoms with E-state index in [2.05, 4.69) is 9.31 Å². The van der Waals surface area contributed by atoms with Gasteiger partial charge in [0, 0.05) is 5.56 Å². The van der Waals surface area contributed by atoms with Gasteiger partial charge in [0.15, 0.2) is 11.6 Å². The lowest BCUT2D eigenvalue weighted by atomic mass is 9.66. The first-order valence-electron chi connectivity index (χ1n) is 7.33. The van der Waals surface area contributed by atoms with Crippen molar-refractivity contribution in [2.24, 2.45) is 0 Å². The molecule has 10 heteroatoms. The standard InChI is InChI=1S/C15H15BF3NO5/c1-9-5-3-4-6-10(9)13(23)14(15(17,18)19)16-24-11(21)7-20(2)8-12(22)25-16/h3-6,14H,7-8H2,1-2H3/t14-/m1/s1. The molecule has 25 heavy (non-hydrogen) atoms. The van der Waals surface area contributed by atoms with Gasteiger partial charge >= 0.3 is 25.2 Å². The van der Waals surface area contributed by atoms with E-state index in [1.165, 1.54) is 37.1 Å². The molecule has 0 amide bonds. The first-order chi connectivity index (χ1) is 11.6. The first-order valence-corrected chi connectivity index (χ1v) is 7.33. The minimum Gasteiger partial charge on any atom is -0.498 e. The summed E-state index contributed by atoms with van der Waals surface area (Å²) in [6.07, 6.45) is -5.07. The molecular formula is C15H15BF3NO5. The zero-order valence-corrected chi connectivity index (χ0v) is 13.5. The number of alkyl halides is 3. The lowest BCUT2D eigenvalue weighted by Crippen LogP contribution is -2.49. The number of ketones is 1. The lowest BCUT2D eigenvalue weighted by Gasteiger charge is -2.27. The second-order valence-electron chi connectivity index (χ2n) is 5.72. The summed E-state index contributed by atoms with van der Waals surface area (Å²) in [7, 11) is -0.955. The minimum absolute atomic E-state index is 0.184. The molecule has 1 aromatic carbocycles. The van der Waals surface area contributed by atoms with Gasteiger partial charge in [-0.2, -0.15) is 13.2 Å². The molecule has 0 radical (unpaired) electrons. The molecule has 134 valence electrons. The molecule has 0 N–H and O–H groups in total. The molecule has 0 unspecified atom stereocenters. The van der Waals surface area contributed by atoms with Crippen LogP contribution in [0.3, 0.4) is 0 Å². The molecule has 1 aromatic rings. The number of rotatable bonds is 3. The Hall–Kier alpha value is -2.36. The number of aryl methyl sites for hydroxylation is 1. The lowest BCUT2D eigenvalue weighted by molar-refractivity contribution is -0.150. The number of carbonyl (C=O) groups excluding carboxylic acids is 3. The predicted octanol–water partition coefficient (Wildman–Crippen LogP) is 1.63. The second kappa shape index (κ2) is 7.26. The van der Waals surface area contributed by atoms with E-state index in [0.29, 0.717) is 5.56 Å². The number of halogens is 3. The Bertz CT molecular complexity index is 674. The van der Waals surface area contributed by atoms with E-state index in [-0.39, 0.29) is 5.56 Å². The Labute approximate surface area is 142 Å². The maximum Gasteiger partial charge on any atom is 0.619 e. The third-order valence-corrected chi connectivity index (χ3v) is 3.61. The predicted molar refractivity (Wildman–Crippen MR) is 80.7 cm³/mol. The molecule has 1 heterocycles. The van der Waals surface area contributed by atoms with Crippen molar-refractivity contribution in [3.63, 3.8) is 0 Å². The van der Waals surface area contributed by atoms with Crippen molar-refractivity contribution >= 4 is 24.8 Å². The Morgan fingerprint density at radius 3 is 2.16 bits per heavy atom. The molecule has 1 fully saturated rings. The zero-order valence-electron chi connectivity index (χ0n) is 13.5. The van der Waals surface area contributed by atoms with Crippen LogP contribution in [0.15, 0.2) is 24.3 Å². The molecule has 2 rings (SSSR count). The zero-order chi connectivity index (χ0) is 18.8. The van der Waals surface area contributed by atoms with E-state index in [4.69, 9.17) is 0 Å². The maximum atomic E-state index is 13.5. The van der Waals surface area contributed by atoms with Crippen LogP contribution in [-0.2, 0) is 18.9 Å². The maximum absolute atomic E-state index is 13.5. The van der Waals surface area contributed by atoms with Gasteiger partial charge in [-0.25, -0.2) is 0 Å². The van der Waals surface area contributed by atoms with Crippen LogP contribution in [0.5, 0.6) is 0 Å². The van der Waals surface area contributed by atoms with Gasteiger partial charge in [0.25, 0.3) is 0 Å². The van der Waals surface area contributed by atoms with E-state index in [9.17, 15) is 27.6 Å². The van der Waals surface area contributed by atoms with Gasteiger partial charge in [-0.1, -0.05) is 24.3 Å². The summed E-state index contributed by atoms with van der Waals surface area (Å²) >= 11 is 0. The largest absolute Gasteiger partial charge is 0.619 e. The Kier molecular flexibility index (Phi) is 5.51. The van der Waals surface area contributed by atoms with E-state index >= 15 is 0 Å². The molecule has 0 aliphatic carbocycles. The first kappa shape index (κ1) is 19.0. The van der Waals surface area contributed by atoms with Gasteiger partial charge in [0.2, 0.25) is 0 Å². The molecule has 1 aliphatic heterocycles. The number of benzene rings is 1. The summed E-state index contributed by atoms with van der Waals surface area (Å²) in [5.41, 5.74) is 0.140. The summed E-state index contributed by atoms with van der Waals surface area (Å²) < 4.78 is 49.8. The van der Waals surface area contributed by atoms with E-state index < -0.39 is 49.9 Å². The van der Waals surface area contributed by atoms with Crippen LogP contribution in [0.25, 0.3) is 0 Å². The highest BCUT2D eigenvalue weighted by molar-refractivity contribution is 6.57. The smallest absolute Gasteiger partial charge is 0.498 e. The molecule has 0 bridgehead atoms. The van der Waals surface area contributed by atoms with Crippen molar-refractivity contribution in [3.8, 4) is 0 Å². The van der Waals surface area contributed by atoms with Crippen molar-refractivity contribution in [2.75, 3.05) is 20.1 Å². The number of carbonyl (C=O) groups is 3. The third kappa shape index (κ3) is 4.59. The summed E-state index contributed by atoms with van der Waals surface area (Å²) in [5.74, 6) is -6.17. The van der Waals surface area contributed by atoms with Crippen LogP contribution < -0.4 is 0 Å². The minimum atomic E-state index is -5.07. The molecule has 1 saturated heterocycles. The Balaban J connectivity index is 2.39. The van der Waals surface area contributed by atoms with Gasteiger partial charge < -0.3 is 9.31 Å². The number of nitrogens with zero attached hydrogens (tertiary/aromatic N) is 1. The fourth-order valence-electron chi connectivity index (χ4n) is 2.43. The van der Waals surface area contributed by atoms with Crippen LogP contribution in [-0.4, -0.2) is 56.1 Å². The number of hydrogen-bond donors (Lipinski definition) is 0. The fraction of sp³-hybridized carbons (Fsp3) is 0.400. The summed E-state index contributed by atoms with van der Waals surface area (Å²) in [5, 5.41) is 0. The van der Waals surface area contributed by atoms with Gasteiger partial charge in [-0.15, -0.1) is 0 Å². The summed E-state index contributed by atoms with van der Waals surface area (Å²) in [6, 6.07) is 5.70. The van der Waals surface area contributed by atoms with Crippen LogP contribution in [0.1, 0.15) is 15.9 Å². The summed E-state index contributed by atoms with van der Waals surface area (Å²) in [6.45, 7) is 0.690. The van der Waals surface area contributed by atoms with Gasteiger partial charge in [0.05, 0.1) is 13.1 Å². The van der Waals surface area contributed by atoms with E-state index in [1.54, 1.807) is 6.07 Å². The van der Waals surface area contributed by atoms with Crippen molar-refractivity contribution in [1.82, 2.24) is 4.90 Å².